The molecular formula is C24H22F4N4O6. The van der Waals surface area contributed by atoms with Gasteiger partial charge in [0.1, 0.15) is 11.6 Å². The predicted octanol–water partition coefficient (Wildman–Crippen LogP) is 4.49. The van der Waals surface area contributed by atoms with E-state index in [9.17, 15) is 27.2 Å². The number of rotatable bonds is 11. The van der Waals surface area contributed by atoms with Crippen LogP contribution in [0.5, 0.6) is 11.5 Å². The van der Waals surface area contributed by atoms with E-state index >= 15 is 0 Å². The summed E-state index contributed by atoms with van der Waals surface area (Å²) in [5.41, 5.74) is 4.75. The molecule has 0 bridgehead atoms. The zero-order valence-corrected chi connectivity index (χ0v) is 19.9. The van der Waals surface area contributed by atoms with Gasteiger partial charge in [-0.3, -0.25) is 9.78 Å². The molecule has 3 aromatic rings. The summed E-state index contributed by atoms with van der Waals surface area (Å²) < 4.78 is 73.5. The minimum absolute atomic E-state index is 0.0137. The number of benzene rings is 1. The van der Waals surface area contributed by atoms with Gasteiger partial charge in [0.2, 0.25) is 5.89 Å². The topological polar surface area (TPSA) is 139 Å². The minimum Gasteiger partial charge on any atom is -0.489 e. The van der Waals surface area contributed by atoms with Crippen LogP contribution in [0.1, 0.15) is 47.8 Å². The fraction of sp³-hybridized carbons (Fsp3) is 0.333. The Balaban J connectivity index is 1.63. The molecule has 2 amide bonds. The summed E-state index contributed by atoms with van der Waals surface area (Å²) >= 11 is 0. The molecule has 1 unspecified atom stereocenters. The fourth-order valence-corrected chi connectivity index (χ4v) is 3.38. The molecule has 1 atom stereocenters. The van der Waals surface area contributed by atoms with Crippen LogP contribution in [0.25, 0.3) is 11.5 Å². The van der Waals surface area contributed by atoms with Crippen molar-refractivity contribution in [3.8, 4) is 23.0 Å². The van der Waals surface area contributed by atoms with Gasteiger partial charge in [-0.25, -0.2) is 18.6 Å². The van der Waals surface area contributed by atoms with Gasteiger partial charge in [-0.2, -0.15) is 8.78 Å². The first-order valence-corrected chi connectivity index (χ1v) is 11.4. The van der Waals surface area contributed by atoms with Gasteiger partial charge in [0, 0.05) is 11.6 Å². The molecule has 1 aromatic carbocycles. The number of carbonyl (C=O) groups is 2. The Labute approximate surface area is 213 Å². The maximum Gasteiger partial charge on any atom is 0.405 e. The van der Waals surface area contributed by atoms with Crippen molar-refractivity contribution in [1.29, 1.82) is 0 Å². The van der Waals surface area contributed by atoms with E-state index in [4.69, 9.17) is 19.6 Å². The standard InChI is InChI=1S/C24H22F4N4O6/c1-11(36-24(29)34)20-19(21(33)31-9-16-15(26)7-14(25)8-30-16)32-22(38-20)13-4-5-17(37-23(27)28)18(6-13)35-10-12-2-3-12/h4-8,11-12,23H,2-3,9-10H2,1H3,(H2,29,34)(H,31,33). The lowest BCUT2D eigenvalue weighted by Gasteiger charge is -2.13. The van der Waals surface area contributed by atoms with E-state index in [-0.39, 0.29) is 40.1 Å². The summed E-state index contributed by atoms with van der Waals surface area (Å²) in [4.78, 5) is 32.0. The summed E-state index contributed by atoms with van der Waals surface area (Å²) in [6, 6.07) is 4.56. The Hall–Kier alpha value is -4.36. The van der Waals surface area contributed by atoms with Crippen molar-refractivity contribution < 1.29 is 45.8 Å². The van der Waals surface area contributed by atoms with E-state index in [1.165, 1.54) is 25.1 Å². The number of nitrogens with two attached hydrogens (primary N) is 1. The number of hydrogen-bond acceptors (Lipinski definition) is 8. The maximum absolute atomic E-state index is 13.9. The minimum atomic E-state index is -3.08. The number of primary amides is 1. The van der Waals surface area contributed by atoms with Crippen LogP contribution in [0.15, 0.2) is 34.9 Å². The smallest absolute Gasteiger partial charge is 0.405 e. The normalized spacial score (nSPS) is 13.7. The van der Waals surface area contributed by atoms with Crippen LogP contribution in [-0.4, -0.2) is 35.2 Å². The second-order valence-electron chi connectivity index (χ2n) is 8.37. The van der Waals surface area contributed by atoms with Crippen molar-refractivity contribution in [1.82, 2.24) is 15.3 Å². The Bertz CT molecular complexity index is 1330. The highest BCUT2D eigenvalue weighted by molar-refractivity contribution is 5.94. The van der Waals surface area contributed by atoms with E-state index < -0.39 is 42.9 Å². The molecule has 3 N–H and O–H groups in total. The van der Waals surface area contributed by atoms with E-state index in [1.807, 2.05) is 0 Å². The number of pyridine rings is 1. The van der Waals surface area contributed by atoms with Crippen LogP contribution in [0.2, 0.25) is 0 Å². The summed E-state index contributed by atoms with van der Waals surface area (Å²) in [7, 11) is 0. The predicted molar refractivity (Wildman–Crippen MR) is 121 cm³/mol. The van der Waals surface area contributed by atoms with Crippen LogP contribution in [0, 0.1) is 17.6 Å². The number of carbonyl (C=O) groups excluding carboxylic acids is 2. The van der Waals surface area contributed by atoms with E-state index in [2.05, 4.69) is 20.0 Å². The first-order valence-electron chi connectivity index (χ1n) is 11.4. The van der Waals surface area contributed by atoms with Gasteiger partial charge in [0.15, 0.2) is 29.1 Å². The van der Waals surface area contributed by atoms with Crippen LogP contribution in [0.3, 0.4) is 0 Å². The number of aromatic nitrogens is 2. The van der Waals surface area contributed by atoms with Crippen molar-refractivity contribution in [3.05, 3.63) is 59.2 Å². The maximum atomic E-state index is 13.9. The Kier molecular flexibility index (Phi) is 7.98. The Morgan fingerprint density at radius 1 is 1.21 bits per heavy atom. The highest BCUT2D eigenvalue weighted by atomic mass is 19.3. The van der Waals surface area contributed by atoms with E-state index in [1.54, 1.807) is 0 Å². The lowest BCUT2D eigenvalue weighted by atomic mass is 10.2. The van der Waals surface area contributed by atoms with E-state index in [0.717, 1.165) is 19.0 Å². The molecule has 202 valence electrons. The van der Waals surface area contributed by atoms with Crippen LogP contribution < -0.4 is 20.5 Å². The molecule has 1 fully saturated rings. The van der Waals surface area contributed by atoms with Crippen LogP contribution in [0.4, 0.5) is 22.4 Å². The van der Waals surface area contributed by atoms with Crippen LogP contribution in [-0.2, 0) is 11.3 Å². The third-order valence-electron chi connectivity index (χ3n) is 5.41. The van der Waals surface area contributed by atoms with Gasteiger partial charge in [-0.15, -0.1) is 0 Å². The number of amides is 2. The number of alkyl halides is 2. The second kappa shape index (κ2) is 11.4. The number of nitrogens with zero attached hydrogens (tertiary/aromatic N) is 2. The van der Waals surface area contributed by atoms with Crippen molar-refractivity contribution in [2.24, 2.45) is 11.7 Å². The molecule has 1 saturated carbocycles. The number of oxazole rings is 1. The molecular weight excluding hydrogens is 516 g/mol. The van der Waals surface area contributed by atoms with Gasteiger partial charge in [-0.05, 0) is 43.9 Å². The molecule has 0 aliphatic heterocycles. The van der Waals surface area contributed by atoms with Crippen LogP contribution >= 0.6 is 0 Å². The number of nitrogens with one attached hydrogen (secondary N) is 1. The first-order chi connectivity index (χ1) is 18.1. The average Bonchev–Trinajstić information content (AvgIpc) is 3.57. The van der Waals surface area contributed by atoms with Crippen molar-refractivity contribution in [2.75, 3.05) is 6.61 Å². The lowest BCUT2D eigenvalue weighted by molar-refractivity contribution is -0.0515. The molecule has 10 nitrogen and oxygen atoms in total. The zero-order chi connectivity index (χ0) is 27.4. The van der Waals surface area contributed by atoms with Gasteiger partial charge in [0.25, 0.3) is 5.91 Å². The molecule has 38 heavy (non-hydrogen) atoms. The van der Waals surface area contributed by atoms with Gasteiger partial charge >= 0.3 is 12.7 Å². The highest BCUT2D eigenvalue weighted by Crippen LogP contribution is 2.37. The average molecular weight is 538 g/mol. The molecule has 0 spiro atoms. The Morgan fingerprint density at radius 2 is 1.97 bits per heavy atom. The second-order valence-corrected chi connectivity index (χ2v) is 8.37. The largest absolute Gasteiger partial charge is 0.489 e. The molecule has 2 heterocycles. The summed E-state index contributed by atoms with van der Waals surface area (Å²) in [5, 5.41) is 2.38. The number of halogens is 4. The van der Waals surface area contributed by atoms with Gasteiger partial charge < -0.3 is 29.7 Å². The fourth-order valence-electron chi connectivity index (χ4n) is 3.38. The molecule has 1 aliphatic carbocycles. The molecule has 0 saturated heterocycles. The highest BCUT2D eigenvalue weighted by Gasteiger charge is 2.28. The first kappa shape index (κ1) is 26.7. The number of hydrogen-bond donors (Lipinski definition) is 2. The van der Waals surface area contributed by atoms with Crippen molar-refractivity contribution in [2.45, 2.75) is 39.0 Å². The summed E-state index contributed by atoms with van der Waals surface area (Å²) in [5.74, 6) is -2.93. The molecule has 1 aliphatic rings. The molecule has 2 aromatic heterocycles. The van der Waals surface area contributed by atoms with Gasteiger partial charge in [-0.1, -0.05) is 0 Å². The lowest BCUT2D eigenvalue weighted by Crippen LogP contribution is -2.26. The number of ether oxygens (including phenoxy) is 3. The monoisotopic (exact) mass is 538 g/mol. The molecule has 14 heteroatoms. The quantitative estimate of drug-likeness (QED) is 0.341. The zero-order valence-electron chi connectivity index (χ0n) is 19.9. The Morgan fingerprint density at radius 3 is 2.63 bits per heavy atom. The third kappa shape index (κ3) is 6.69. The molecule has 4 rings (SSSR count). The summed E-state index contributed by atoms with van der Waals surface area (Å²) in [6.07, 6.45) is 0.394. The van der Waals surface area contributed by atoms with E-state index in [0.29, 0.717) is 18.6 Å². The van der Waals surface area contributed by atoms with Crippen molar-refractivity contribution >= 4 is 12.0 Å². The summed E-state index contributed by atoms with van der Waals surface area (Å²) in [6.45, 7) is -1.84. The van der Waals surface area contributed by atoms with Gasteiger partial charge in [0.05, 0.1) is 25.0 Å². The van der Waals surface area contributed by atoms with Crippen molar-refractivity contribution in [3.63, 3.8) is 0 Å². The third-order valence-corrected chi connectivity index (χ3v) is 5.41. The SMILES string of the molecule is CC(OC(N)=O)c1oc(-c2ccc(OC(F)F)c(OCC3CC3)c2)nc1C(=O)NCc1ncc(F)cc1F. The molecule has 0 radical (unpaired) electrons.